The maximum Gasteiger partial charge on any atom is 0.165 e. The van der Waals surface area contributed by atoms with Crippen LogP contribution in [0.4, 0.5) is 0 Å². The molecule has 0 radical (unpaired) electrons. The number of ether oxygens (including phenoxy) is 1. The normalized spacial score (nSPS) is 18.2. The van der Waals surface area contributed by atoms with Gasteiger partial charge in [-0.3, -0.25) is 9.36 Å². The molecule has 0 bridgehead atoms. The van der Waals surface area contributed by atoms with Gasteiger partial charge in [-0.2, -0.15) is 0 Å². The average molecular weight is 308 g/mol. The molecule has 1 fully saturated rings. The van der Waals surface area contributed by atoms with E-state index in [4.69, 9.17) is 4.74 Å². The zero-order chi connectivity index (χ0) is 15.6. The Morgan fingerprint density at radius 2 is 2.09 bits per heavy atom. The first kappa shape index (κ1) is 14.0. The molecule has 6 nitrogen and oxygen atoms in total. The van der Waals surface area contributed by atoms with Crippen LogP contribution in [0.5, 0.6) is 0 Å². The van der Waals surface area contributed by atoms with Crippen LogP contribution in [-0.4, -0.2) is 32.4 Å². The van der Waals surface area contributed by atoms with Gasteiger partial charge in [0.2, 0.25) is 0 Å². The van der Waals surface area contributed by atoms with Crippen molar-refractivity contribution in [2.75, 3.05) is 6.61 Å². The number of rotatable bonds is 3. The predicted molar refractivity (Wildman–Crippen MR) is 85.0 cm³/mol. The van der Waals surface area contributed by atoms with Gasteiger partial charge in [0.15, 0.2) is 11.9 Å². The number of carbonyl (C=O) groups excluding carboxylic acids is 1. The largest absolute Gasteiger partial charge is 0.358 e. The highest BCUT2D eigenvalue weighted by Crippen LogP contribution is 2.30. The van der Waals surface area contributed by atoms with Gasteiger partial charge >= 0.3 is 0 Å². The fourth-order valence-electron chi connectivity index (χ4n) is 3.02. The second-order valence-corrected chi connectivity index (χ2v) is 5.57. The summed E-state index contributed by atoms with van der Waals surface area (Å²) >= 11 is 0. The molecule has 0 amide bonds. The average Bonchev–Trinajstić information content (AvgIpc) is 3.06. The lowest BCUT2D eigenvalue weighted by Gasteiger charge is -2.23. The summed E-state index contributed by atoms with van der Waals surface area (Å²) in [5.74, 6) is 0. The van der Waals surface area contributed by atoms with E-state index in [0.717, 1.165) is 43.4 Å². The van der Waals surface area contributed by atoms with E-state index in [1.807, 2.05) is 22.8 Å². The topological polar surface area (TPSA) is 69.9 Å². The molecule has 0 N–H and O–H groups in total. The van der Waals surface area contributed by atoms with Crippen LogP contribution in [0.15, 0.2) is 36.9 Å². The van der Waals surface area contributed by atoms with Gasteiger partial charge in [0.05, 0.1) is 6.33 Å². The lowest BCUT2D eigenvalue weighted by atomic mass is 10.0. The zero-order valence-electron chi connectivity index (χ0n) is 12.6. The molecule has 1 aromatic carbocycles. The standard InChI is InChI=1S/C17H16N4O2/c22-9-12-5-1-2-6-13(12)15-16-17(19-10-18-15)21(11-20-16)14-7-3-4-8-23-14/h1-2,5-6,9-11,14H,3-4,7-8H2. The van der Waals surface area contributed by atoms with E-state index in [2.05, 4.69) is 15.0 Å². The van der Waals surface area contributed by atoms with Crippen LogP contribution < -0.4 is 0 Å². The van der Waals surface area contributed by atoms with Crippen LogP contribution in [0.25, 0.3) is 22.4 Å². The van der Waals surface area contributed by atoms with E-state index >= 15 is 0 Å². The van der Waals surface area contributed by atoms with Crippen LogP contribution in [0, 0.1) is 0 Å². The highest BCUT2D eigenvalue weighted by Gasteiger charge is 2.21. The number of hydrogen-bond donors (Lipinski definition) is 0. The van der Waals surface area contributed by atoms with Crippen molar-refractivity contribution in [1.82, 2.24) is 19.5 Å². The molecule has 0 spiro atoms. The number of imidazole rings is 1. The first-order valence-corrected chi connectivity index (χ1v) is 7.72. The van der Waals surface area contributed by atoms with Crippen molar-refractivity contribution >= 4 is 17.5 Å². The van der Waals surface area contributed by atoms with Crippen molar-refractivity contribution < 1.29 is 9.53 Å². The summed E-state index contributed by atoms with van der Waals surface area (Å²) in [6, 6.07) is 7.37. The molecule has 3 heterocycles. The lowest BCUT2D eigenvalue weighted by molar-refractivity contribution is -0.0298. The SMILES string of the molecule is O=Cc1ccccc1-c1ncnc2c1ncn2C1CCCCO1. The molecule has 1 unspecified atom stereocenters. The van der Waals surface area contributed by atoms with Gasteiger partial charge in [-0.15, -0.1) is 0 Å². The maximum atomic E-state index is 11.3. The summed E-state index contributed by atoms with van der Waals surface area (Å²) in [7, 11) is 0. The Hall–Kier alpha value is -2.60. The van der Waals surface area contributed by atoms with Gasteiger partial charge < -0.3 is 4.74 Å². The summed E-state index contributed by atoms with van der Waals surface area (Å²) < 4.78 is 7.79. The van der Waals surface area contributed by atoms with Crippen LogP contribution in [-0.2, 0) is 4.74 Å². The molecule has 1 saturated heterocycles. The van der Waals surface area contributed by atoms with Gasteiger partial charge in [-0.1, -0.05) is 24.3 Å². The van der Waals surface area contributed by atoms with E-state index < -0.39 is 0 Å². The number of nitrogens with zero attached hydrogens (tertiary/aromatic N) is 4. The maximum absolute atomic E-state index is 11.3. The van der Waals surface area contributed by atoms with Crippen molar-refractivity contribution in [2.45, 2.75) is 25.5 Å². The first-order chi connectivity index (χ1) is 11.4. The Balaban J connectivity index is 1.86. The Bertz CT molecular complexity index is 853. The first-order valence-electron chi connectivity index (χ1n) is 7.72. The fourth-order valence-corrected chi connectivity index (χ4v) is 3.02. The molecule has 1 aliphatic rings. The van der Waals surface area contributed by atoms with E-state index in [-0.39, 0.29) is 6.23 Å². The Morgan fingerprint density at radius 1 is 1.17 bits per heavy atom. The Labute approximate surface area is 133 Å². The number of carbonyl (C=O) groups is 1. The smallest absolute Gasteiger partial charge is 0.165 e. The minimum Gasteiger partial charge on any atom is -0.358 e. The molecule has 2 aromatic heterocycles. The summed E-state index contributed by atoms with van der Waals surface area (Å²) in [6.45, 7) is 0.760. The third-order valence-electron chi connectivity index (χ3n) is 4.17. The van der Waals surface area contributed by atoms with Crippen molar-refractivity contribution in [2.24, 2.45) is 0 Å². The molecule has 1 aliphatic heterocycles. The molecular formula is C17H16N4O2. The zero-order valence-corrected chi connectivity index (χ0v) is 12.6. The van der Waals surface area contributed by atoms with Crippen LogP contribution >= 0.6 is 0 Å². The quantitative estimate of drug-likeness (QED) is 0.696. The van der Waals surface area contributed by atoms with Crippen molar-refractivity contribution in [3.05, 3.63) is 42.5 Å². The molecule has 1 atom stereocenters. The van der Waals surface area contributed by atoms with Gasteiger partial charge in [-0.05, 0) is 19.3 Å². The van der Waals surface area contributed by atoms with Gasteiger partial charge in [-0.25, -0.2) is 15.0 Å². The summed E-state index contributed by atoms with van der Waals surface area (Å²) in [4.78, 5) is 24.5. The minimum atomic E-state index is -0.0298. The lowest BCUT2D eigenvalue weighted by Crippen LogP contribution is -2.17. The number of benzene rings is 1. The van der Waals surface area contributed by atoms with Crippen molar-refractivity contribution in [3.8, 4) is 11.3 Å². The Morgan fingerprint density at radius 3 is 2.91 bits per heavy atom. The van der Waals surface area contributed by atoms with E-state index in [0.29, 0.717) is 16.8 Å². The number of aromatic nitrogens is 4. The number of hydrogen-bond acceptors (Lipinski definition) is 5. The molecule has 0 aliphatic carbocycles. The summed E-state index contributed by atoms with van der Waals surface area (Å²) in [5.41, 5.74) is 3.46. The van der Waals surface area contributed by atoms with E-state index in [1.54, 1.807) is 12.4 Å². The summed E-state index contributed by atoms with van der Waals surface area (Å²) in [5, 5.41) is 0. The van der Waals surface area contributed by atoms with E-state index in [9.17, 15) is 4.79 Å². The van der Waals surface area contributed by atoms with Crippen LogP contribution in [0.1, 0.15) is 35.8 Å². The second kappa shape index (κ2) is 5.89. The highest BCUT2D eigenvalue weighted by atomic mass is 16.5. The second-order valence-electron chi connectivity index (χ2n) is 5.57. The van der Waals surface area contributed by atoms with Gasteiger partial charge in [0.25, 0.3) is 0 Å². The van der Waals surface area contributed by atoms with Crippen molar-refractivity contribution in [1.29, 1.82) is 0 Å². The Kier molecular flexibility index (Phi) is 3.59. The fraction of sp³-hybridized carbons (Fsp3) is 0.294. The molecule has 3 aromatic rings. The summed E-state index contributed by atoms with van der Waals surface area (Å²) in [6.07, 6.45) is 7.26. The van der Waals surface area contributed by atoms with Crippen LogP contribution in [0.2, 0.25) is 0 Å². The van der Waals surface area contributed by atoms with E-state index in [1.165, 1.54) is 6.33 Å². The molecule has 0 saturated carbocycles. The predicted octanol–water partition coefficient (Wildman–Crippen LogP) is 3.00. The third-order valence-corrected chi connectivity index (χ3v) is 4.17. The molecule has 4 rings (SSSR count). The molecule has 116 valence electrons. The van der Waals surface area contributed by atoms with Crippen molar-refractivity contribution in [3.63, 3.8) is 0 Å². The number of aldehydes is 1. The minimum absolute atomic E-state index is 0.0298. The molecule has 23 heavy (non-hydrogen) atoms. The monoisotopic (exact) mass is 308 g/mol. The molecule has 6 heteroatoms. The number of fused-ring (bicyclic) bond motifs is 1. The molecular weight excluding hydrogens is 292 g/mol. The van der Waals surface area contributed by atoms with Gasteiger partial charge in [0, 0.05) is 17.7 Å². The highest BCUT2D eigenvalue weighted by molar-refractivity contribution is 5.94. The third kappa shape index (κ3) is 2.41. The van der Waals surface area contributed by atoms with Gasteiger partial charge in [0.1, 0.15) is 23.8 Å². The van der Waals surface area contributed by atoms with Crippen LogP contribution in [0.3, 0.4) is 0 Å².